The van der Waals surface area contributed by atoms with E-state index in [1.54, 1.807) is 0 Å². The zero-order valence-corrected chi connectivity index (χ0v) is 8.16. The SMILES string of the molecule is CC(C)=CC1=C(Br)CCC1. The van der Waals surface area contributed by atoms with Crippen molar-refractivity contribution in [1.29, 1.82) is 0 Å². The number of halogens is 1. The Hall–Kier alpha value is -0.0400. The molecule has 0 spiro atoms. The Morgan fingerprint density at radius 1 is 1.40 bits per heavy atom. The van der Waals surface area contributed by atoms with Crippen LogP contribution in [0.2, 0.25) is 0 Å². The van der Waals surface area contributed by atoms with Crippen LogP contribution in [0, 0.1) is 0 Å². The van der Waals surface area contributed by atoms with E-state index < -0.39 is 0 Å². The lowest BCUT2D eigenvalue weighted by atomic mass is 10.2. The van der Waals surface area contributed by atoms with Crippen LogP contribution in [0.5, 0.6) is 0 Å². The molecule has 1 aliphatic rings. The molecule has 56 valence electrons. The third-order valence-corrected chi connectivity index (χ3v) is 2.56. The maximum Gasteiger partial charge on any atom is -0.00173 e. The van der Waals surface area contributed by atoms with Crippen molar-refractivity contribution < 1.29 is 0 Å². The van der Waals surface area contributed by atoms with Crippen molar-refractivity contribution in [3.63, 3.8) is 0 Å². The first kappa shape index (κ1) is 8.06. The molecule has 0 atom stereocenters. The second-order valence-electron chi connectivity index (χ2n) is 3.01. The molecule has 0 aromatic heterocycles. The molecule has 1 aliphatic carbocycles. The van der Waals surface area contributed by atoms with Gasteiger partial charge in [0.15, 0.2) is 0 Å². The fourth-order valence-electron chi connectivity index (χ4n) is 1.23. The van der Waals surface area contributed by atoms with E-state index in [0.717, 1.165) is 0 Å². The van der Waals surface area contributed by atoms with Crippen molar-refractivity contribution >= 4 is 15.9 Å². The molecule has 0 saturated carbocycles. The summed E-state index contributed by atoms with van der Waals surface area (Å²) < 4.78 is 1.41. The highest BCUT2D eigenvalue weighted by Gasteiger charge is 2.08. The largest absolute Gasteiger partial charge is 0.0761 e. The van der Waals surface area contributed by atoms with Crippen LogP contribution in [0.3, 0.4) is 0 Å². The molecule has 0 heterocycles. The van der Waals surface area contributed by atoms with Gasteiger partial charge in [0.05, 0.1) is 0 Å². The van der Waals surface area contributed by atoms with E-state index in [4.69, 9.17) is 0 Å². The summed E-state index contributed by atoms with van der Waals surface area (Å²) in [5.41, 5.74) is 2.90. The Bertz CT molecular complexity index is 183. The molecule has 0 amide bonds. The lowest BCUT2D eigenvalue weighted by Crippen LogP contribution is -1.73. The van der Waals surface area contributed by atoms with Crippen molar-refractivity contribution in [2.75, 3.05) is 0 Å². The lowest BCUT2D eigenvalue weighted by molar-refractivity contribution is 0.913. The first-order valence-corrected chi connectivity index (χ1v) is 4.52. The van der Waals surface area contributed by atoms with E-state index in [-0.39, 0.29) is 0 Å². The number of hydrogen-bond acceptors (Lipinski definition) is 0. The smallest absolute Gasteiger partial charge is 0.00173 e. The molecule has 1 heteroatoms. The van der Waals surface area contributed by atoms with Crippen molar-refractivity contribution in [2.24, 2.45) is 0 Å². The maximum absolute atomic E-state index is 3.57. The molecule has 0 bridgehead atoms. The minimum Gasteiger partial charge on any atom is -0.0761 e. The van der Waals surface area contributed by atoms with Crippen LogP contribution in [0.1, 0.15) is 33.1 Å². The highest BCUT2D eigenvalue weighted by molar-refractivity contribution is 9.11. The minimum atomic E-state index is 1.24. The zero-order valence-electron chi connectivity index (χ0n) is 6.58. The molecule has 10 heavy (non-hydrogen) atoms. The van der Waals surface area contributed by atoms with E-state index in [9.17, 15) is 0 Å². The standard InChI is InChI=1S/C9H13Br/c1-7(2)6-8-4-3-5-9(8)10/h6H,3-5H2,1-2H3. The van der Waals surface area contributed by atoms with Gasteiger partial charge < -0.3 is 0 Å². The van der Waals surface area contributed by atoms with Crippen molar-refractivity contribution in [3.05, 3.63) is 21.7 Å². The summed E-state index contributed by atoms with van der Waals surface area (Å²) in [6, 6.07) is 0. The Morgan fingerprint density at radius 3 is 2.50 bits per heavy atom. The Morgan fingerprint density at radius 2 is 2.10 bits per heavy atom. The topological polar surface area (TPSA) is 0 Å². The highest BCUT2D eigenvalue weighted by atomic mass is 79.9. The van der Waals surface area contributed by atoms with E-state index in [2.05, 4.69) is 35.9 Å². The van der Waals surface area contributed by atoms with Gasteiger partial charge in [-0.2, -0.15) is 0 Å². The first-order chi connectivity index (χ1) is 4.70. The van der Waals surface area contributed by atoms with Gasteiger partial charge in [-0.3, -0.25) is 0 Å². The fraction of sp³-hybridized carbons (Fsp3) is 0.556. The second kappa shape index (κ2) is 3.38. The van der Waals surface area contributed by atoms with Crippen LogP contribution in [0.15, 0.2) is 21.7 Å². The van der Waals surface area contributed by atoms with Crippen LogP contribution in [-0.2, 0) is 0 Å². The summed E-state index contributed by atoms with van der Waals surface area (Å²) >= 11 is 3.57. The second-order valence-corrected chi connectivity index (χ2v) is 3.96. The van der Waals surface area contributed by atoms with E-state index >= 15 is 0 Å². The highest BCUT2D eigenvalue weighted by Crippen LogP contribution is 2.31. The van der Waals surface area contributed by atoms with Gasteiger partial charge in [-0.15, -0.1) is 0 Å². The third kappa shape index (κ3) is 1.98. The molecule has 0 unspecified atom stereocenters. The van der Waals surface area contributed by atoms with Gasteiger partial charge in [-0.1, -0.05) is 27.6 Å². The van der Waals surface area contributed by atoms with Crippen molar-refractivity contribution in [2.45, 2.75) is 33.1 Å². The van der Waals surface area contributed by atoms with Gasteiger partial charge in [-0.25, -0.2) is 0 Å². The van der Waals surface area contributed by atoms with Crippen molar-refractivity contribution in [1.82, 2.24) is 0 Å². The predicted molar refractivity (Wildman–Crippen MR) is 49.2 cm³/mol. The molecule has 0 nitrogen and oxygen atoms in total. The summed E-state index contributed by atoms with van der Waals surface area (Å²) in [6.45, 7) is 4.29. The van der Waals surface area contributed by atoms with E-state index in [0.29, 0.717) is 0 Å². The molecule has 0 radical (unpaired) electrons. The summed E-state index contributed by atoms with van der Waals surface area (Å²) in [5, 5.41) is 0. The van der Waals surface area contributed by atoms with Gasteiger partial charge in [0, 0.05) is 0 Å². The Labute approximate surface area is 71.1 Å². The molecule has 0 N–H and O–H groups in total. The summed E-state index contributed by atoms with van der Waals surface area (Å²) in [6.07, 6.45) is 6.08. The van der Waals surface area contributed by atoms with Crippen LogP contribution in [0.25, 0.3) is 0 Å². The Kier molecular flexibility index (Phi) is 2.72. The third-order valence-electron chi connectivity index (χ3n) is 1.65. The molecule has 0 aromatic carbocycles. The monoisotopic (exact) mass is 200 g/mol. The van der Waals surface area contributed by atoms with Crippen LogP contribution in [-0.4, -0.2) is 0 Å². The maximum atomic E-state index is 3.57. The minimum absolute atomic E-state index is 1.24. The molecule has 0 aliphatic heterocycles. The average Bonchev–Trinajstić information content (AvgIpc) is 2.15. The normalized spacial score (nSPS) is 17.9. The first-order valence-electron chi connectivity index (χ1n) is 3.72. The fourth-order valence-corrected chi connectivity index (χ4v) is 1.82. The Balaban J connectivity index is 2.72. The zero-order chi connectivity index (χ0) is 7.56. The van der Waals surface area contributed by atoms with E-state index in [1.165, 1.54) is 34.9 Å². The molecular formula is C9H13Br. The van der Waals surface area contributed by atoms with Gasteiger partial charge in [0.25, 0.3) is 0 Å². The van der Waals surface area contributed by atoms with E-state index in [1.807, 2.05) is 0 Å². The quantitative estimate of drug-likeness (QED) is 0.605. The van der Waals surface area contributed by atoms with Gasteiger partial charge in [0.1, 0.15) is 0 Å². The summed E-state index contributed by atoms with van der Waals surface area (Å²) in [5.74, 6) is 0. The van der Waals surface area contributed by atoms with Crippen molar-refractivity contribution in [3.8, 4) is 0 Å². The molecule has 0 aromatic rings. The van der Waals surface area contributed by atoms with Gasteiger partial charge in [-0.05, 0) is 43.2 Å². The number of hydrogen-bond donors (Lipinski definition) is 0. The molecule has 1 rings (SSSR count). The lowest BCUT2D eigenvalue weighted by Gasteiger charge is -1.94. The molecular weight excluding hydrogens is 188 g/mol. The van der Waals surface area contributed by atoms with Crippen LogP contribution >= 0.6 is 15.9 Å². The molecule has 0 fully saturated rings. The summed E-state index contributed by atoms with van der Waals surface area (Å²) in [7, 11) is 0. The predicted octanol–water partition coefficient (Wildman–Crippen LogP) is 3.79. The number of rotatable bonds is 1. The van der Waals surface area contributed by atoms with Gasteiger partial charge in [0.2, 0.25) is 0 Å². The molecule has 0 saturated heterocycles. The van der Waals surface area contributed by atoms with Crippen LogP contribution in [0.4, 0.5) is 0 Å². The van der Waals surface area contributed by atoms with Crippen LogP contribution < -0.4 is 0 Å². The number of allylic oxidation sites excluding steroid dienone is 4. The van der Waals surface area contributed by atoms with Gasteiger partial charge >= 0.3 is 0 Å². The average molecular weight is 201 g/mol. The summed E-state index contributed by atoms with van der Waals surface area (Å²) in [4.78, 5) is 0.